The fourth-order valence-electron chi connectivity index (χ4n) is 7.53. The molecule has 1 aliphatic carbocycles. The van der Waals surface area contributed by atoms with Crippen LogP contribution in [0.1, 0.15) is 84.6 Å². The topological polar surface area (TPSA) is 198 Å². The molecule has 3 aliphatic rings. The normalized spacial score (nSPS) is 25.6. The zero-order valence-electron chi connectivity index (χ0n) is 35.0. The van der Waals surface area contributed by atoms with Crippen molar-refractivity contribution in [3.8, 4) is 0 Å². The van der Waals surface area contributed by atoms with Gasteiger partial charge in [-0.2, -0.15) is 13.2 Å². The maximum atomic E-state index is 14.5. The van der Waals surface area contributed by atoms with E-state index in [1.807, 2.05) is 0 Å². The van der Waals surface area contributed by atoms with E-state index < -0.39 is 114 Å². The lowest BCUT2D eigenvalue weighted by molar-refractivity contribution is -0.250. The highest BCUT2D eigenvalue weighted by molar-refractivity contribution is 6.31. The van der Waals surface area contributed by atoms with E-state index in [4.69, 9.17) is 11.6 Å². The second-order valence-corrected chi connectivity index (χ2v) is 17.1. The molecule has 21 heteroatoms. The van der Waals surface area contributed by atoms with E-state index in [1.165, 1.54) is 27.1 Å². The number of halogens is 6. The van der Waals surface area contributed by atoms with Crippen LogP contribution in [-0.4, -0.2) is 142 Å². The first-order chi connectivity index (χ1) is 28.3. The summed E-state index contributed by atoms with van der Waals surface area (Å²) in [6.07, 6.45) is -7.14. The average Bonchev–Trinajstić information content (AvgIpc) is 3.86. The third kappa shape index (κ3) is 11.5. The molecule has 0 aromatic heterocycles. The first kappa shape index (κ1) is 49.1. The standard InChI is InChI=1S/C40H55ClF5N7O8/c1-7-26(48-32(55)30-19-24(43)20-53(30)37(60)38(4,61)40(44,45)46)34(57)51(5)28-10-8-9-15-47-36(59)39(13-14-39)50-33(56)29(18-22-17-23(42)11-12-25(22)41)52(6)35(58)27(16-21(2)3)49-31(28)54/h11-12,17,21,24,26-30,61H,7-10,13-16,18-20H2,1-6H3,(H,47,59)(H,48,55)(H,49,54)(H,50,56)/t24-,26+,27+,28+,29+,30+,38-/m1/s1. The molecule has 5 N–H and O–H groups in total. The molecule has 0 bridgehead atoms. The van der Waals surface area contributed by atoms with Crippen molar-refractivity contribution < 1.29 is 60.6 Å². The van der Waals surface area contributed by atoms with Crippen molar-refractivity contribution in [3.63, 3.8) is 0 Å². The van der Waals surface area contributed by atoms with Gasteiger partial charge in [0.15, 0.2) is 0 Å². The number of nitrogens with one attached hydrogen (secondary N) is 4. The van der Waals surface area contributed by atoms with Crippen molar-refractivity contribution in [1.29, 1.82) is 0 Å². The lowest BCUT2D eigenvalue weighted by atomic mass is 9.98. The van der Waals surface area contributed by atoms with Crippen LogP contribution in [0.15, 0.2) is 18.2 Å². The minimum Gasteiger partial charge on any atom is -0.373 e. The Balaban J connectivity index is 1.63. The van der Waals surface area contributed by atoms with E-state index >= 15 is 0 Å². The van der Waals surface area contributed by atoms with Crippen LogP contribution < -0.4 is 21.3 Å². The zero-order valence-corrected chi connectivity index (χ0v) is 35.7. The second-order valence-electron chi connectivity index (χ2n) is 16.7. The molecule has 1 spiro atoms. The van der Waals surface area contributed by atoms with Gasteiger partial charge in [-0.25, -0.2) is 8.78 Å². The molecule has 2 aliphatic heterocycles. The molecule has 1 aromatic carbocycles. The van der Waals surface area contributed by atoms with E-state index in [0.717, 1.165) is 21.9 Å². The smallest absolute Gasteiger partial charge is 0.373 e. The molecule has 2 saturated heterocycles. The van der Waals surface area contributed by atoms with Gasteiger partial charge in [0.1, 0.15) is 47.7 Å². The summed E-state index contributed by atoms with van der Waals surface area (Å²) in [4.78, 5) is 98.7. The lowest BCUT2D eigenvalue weighted by Crippen LogP contribution is -2.61. The van der Waals surface area contributed by atoms with Crippen molar-refractivity contribution in [1.82, 2.24) is 36.0 Å². The van der Waals surface area contributed by atoms with Gasteiger partial charge in [-0.05, 0) is 81.5 Å². The number of likely N-dealkylation sites (tertiary alicyclic amines) is 1. The number of aliphatic hydroxyl groups is 1. The molecular formula is C40H55ClF5N7O8. The van der Waals surface area contributed by atoms with Crippen molar-refractivity contribution >= 4 is 53.0 Å². The van der Waals surface area contributed by atoms with E-state index in [0.29, 0.717) is 19.3 Å². The van der Waals surface area contributed by atoms with Crippen LogP contribution in [0.3, 0.4) is 0 Å². The Bertz CT molecular complexity index is 1850. The maximum Gasteiger partial charge on any atom is 0.426 e. The molecular weight excluding hydrogens is 837 g/mol. The zero-order chi connectivity index (χ0) is 45.8. The number of rotatable bonds is 10. The molecule has 2 heterocycles. The molecule has 7 atom stereocenters. The van der Waals surface area contributed by atoms with Crippen molar-refractivity contribution in [2.75, 3.05) is 27.2 Å². The summed E-state index contributed by atoms with van der Waals surface area (Å²) in [5, 5.41) is 20.8. The van der Waals surface area contributed by atoms with Crippen LogP contribution in [0.2, 0.25) is 5.02 Å². The number of hydrogen-bond donors (Lipinski definition) is 5. The van der Waals surface area contributed by atoms with Crippen molar-refractivity contribution in [2.24, 2.45) is 5.92 Å². The first-order valence-corrected chi connectivity index (χ1v) is 20.7. The number of benzene rings is 1. The third-order valence-electron chi connectivity index (χ3n) is 11.5. The Morgan fingerprint density at radius 3 is 2.34 bits per heavy atom. The average molecular weight is 892 g/mol. The van der Waals surface area contributed by atoms with Gasteiger partial charge in [0.2, 0.25) is 41.0 Å². The molecule has 0 radical (unpaired) electrons. The maximum absolute atomic E-state index is 14.5. The molecule has 3 fully saturated rings. The summed E-state index contributed by atoms with van der Waals surface area (Å²) in [5.74, 6) is -7.44. The van der Waals surface area contributed by atoms with Gasteiger partial charge in [0.05, 0.1) is 6.54 Å². The molecule has 61 heavy (non-hydrogen) atoms. The monoisotopic (exact) mass is 891 g/mol. The van der Waals surface area contributed by atoms with Crippen LogP contribution >= 0.6 is 11.6 Å². The van der Waals surface area contributed by atoms with Crippen LogP contribution in [0, 0.1) is 11.7 Å². The van der Waals surface area contributed by atoms with Gasteiger partial charge in [-0.3, -0.25) is 33.6 Å². The summed E-state index contributed by atoms with van der Waals surface area (Å²) >= 11 is 6.37. The highest BCUT2D eigenvalue weighted by atomic mass is 35.5. The second kappa shape index (κ2) is 19.6. The predicted octanol–water partition coefficient (Wildman–Crippen LogP) is 2.30. The Kier molecular flexibility index (Phi) is 15.8. The van der Waals surface area contributed by atoms with E-state index in [-0.39, 0.29) is 67.0 Å². The quantitative estimate of drug-likeness (QED) is 0.221. The fourth-order valence-corrected chi connectivity index (χ4v) is 7.72. The highest BCUT2D eigenvalue weighted by Gasteiger charge is 2.59. The number of nitrogens with zero attached hydrogens (tertiary/aromatic N) is 3. The molecule has 0 unspecified atom stereocenters. The number of hydrogen-bond acceptors (Lipinski definition) is 8. The number of likely N-dealkylation sites (N-methyl/N-ethyl adjacent to an activating group) is 2. The van der Waals surface area contributed by atoms with Crippen LogP contribution in [0.4, 0.5) is 22.0 Å². The SMILES string of the molecule is CC[C@H](NC(=O)[C@@H]1C[C@@H](F)CN1C(=O)[C@@](C)(O)C(F)(F)F)C(=O)N(C)[C@H]1CCCCNC(=O)C2(CC2)NC(=O)[C@H](Cc2cc(F)ccc2Cl)N(C)C(=O)[C@H](CC(C)C)NC1=O. The fraction of sp³-hybridized carbons (Fsp3) is 0.675. The Hall–Kier alpha value is -4.59. The molecule has 1 aromatic rings. The van der Waals surface area contributed by atoms with Gasteiger partial charge in [0.25, 0.3) is 5.91 Å². The van der Waals surface area contributed by atoms with Gasteiger partial charge in [-0.1, -0.05) is 32.4 Å². The Morgan fingerprint density at radius 1 is 1.10 bits per heavy atom. The Morgan fingerprint density at radius 2 is 1.75 bits per heavy atom. The first-order valence-electron chi connectivity index (χ1n) is 20.3. The van der Waals surface area contributed by atoms with Crippen LogP contribution in [0.25, 0.3) is 0 Å². The summed E-state index contributed by atoms with van der Waals surface area (Å²) < 4.78 is 69.5. The molecule has 4 rings (SSSR count). The van der Waals surface area contributed by atoms with Crippen molar-refractivity contribution in [2.45, 2.75) is 139 Å². The van der Waals surface area contributed by atoms with Gasteiger partial charge in [-0.15, -0.1) is 0 Å². The summed E-state index contributed by atoms with van der Waals surface area (Å²) in [5.41, 5.74) is -4.97. The summed E-state index contributed by atoms with van der Waals surface area (Å²) in [6.45, 7) is 4.48. The molecule has 7 amide bonds. The molecule has 340 valence electrons. The van der Waals surface area contributed by atoms with Crippen LogP contribution in [-0.2, 0) is 40.0 Å². The largest absolute Gasteiger partial charge is 0.426 e. The van der Waals surface area contributed by atoms with E-state index in [9.17, 15) is 60.6 Å². The number of carbonyl (C=O) groups is 7. The highest BCUT2D eigenvalue weighted by Crippen LogP contribution is 2.37. The third-order valence-corrected chi connectivity index (χ3v) is 11.9. The van der Waals surface area contributed by atoms with Gasteiger partial charge >= 0.3 is 6.18 Å². The van der Waals surface area contributed by atoms with Gasteiger partial charge in [0, 0.05) is 38.5 Å². The number of amides is 7. The van der Waals surface area contributed by atoms with E-state index in [1.54, 1.807) is 13.8 Å². The van der Waals surface area contributed by atoms with Crippen LogP contribution in [0.5, 0.6) is 0 Å². The minimum absolute atomic E-state index is 0.00368. The predicted molar refractivity (Wildman–Crippen MR) is 210 cm³/mol. The summed E-state index contributed by atoms with van der Waals surface area (Å²) in [7, 11) is 2.61. The molecule has 1 saturated carbocycles. The summed E-state index contributed by atoms with van der Waals surface area (Å²) in [6, 6.07) is -3.55. The van der Waals surface area contributed by atoms with E-state index in [2.05, 4.69) is 21.3 Å². The molecule has 15 nitrogen and oxygen atoms in total. The van der Waals surface area contributed by atoms with Gasteiger partial charge < -0.3 is 41.1 Å². The minimum atomic E-state index is -5.44. The van der Waals surface area contributed by atoms with Crippen molar-refractivity contribution in [3.05, 3.63) is 34.6 Å². The lowest BCUT2D eigenvalue weighted by Gasteiger charge is -2.35. The number of carbonyl (C=O) groups excluding carboxylic acids is 7. The Labute approximate surface area is 355 Å². The number of alkyl halides is 4.